The van der Waals surface area contributed by atoms with Gasteiger partial charge in [0.1, 0.15) is 0 Å². The Morgan fingerprint density at radius 3 is 2.68 bits per heavy atom. The molecule has 0 saturated carbocycles. The number of benzene rings is 1. The van der Waals surface area contributed by atoms with Crippen molar-refractivity contribution in [3.63, 3.8) is 0 Å². The zero-order valence-electron chi connectivity index (χ0n) is 10.4. The van der Waals surface area contributed by atoms with Gasteiger partial charge in [0.25, 0.3) is 0 Å². The fourth-order valence-electron chi connectivity index (χ4n) is 1.78. The summed E-state index contributed by atoms with van der Waals surface area (Å²) in [6.07, 6.45) is 0. The highest BCUT2D eigenvalue weighted by molar-refractivity contribution is 7.16. The van der Waals surface area contributed by atoms with Crippen LogP contribution < -0.4 is 16.4 Å². The highest BCUT2D eigenvalue weighted by Crippen LogP contribution is 2.28. The molecule has 0 aliphatic heterocycles. The first kappa shape index (κ1) is 13.7. The van der Waals surface area contributed by atoms with Gasteiger partial charge in [0.2, 0.25) is 5.91 Å². The van der Waals surface area contributed by atoms with Crippen molar-refractivity contribution in [2.24, 2.45) is 5.73 Å². The van der Waals surface area contributed by atoms with E-state index in [0.29, 0.717) is 17.8 Å². The smallest absolute Gasteiger partial charge is 0.248 e. The Bertz CT molecular complexity index is 612. The minimum absolute atomic E-state index is 0.445. The van der Waals surface area contributed by atoms with Gasteiger partial charge in [0, 0.05) is 17.5 Å². The first-order chi connectivity index (χ1) is 8.97. The normalized spacial score (nSPS) is 10.4. The van der Waals surface area contributed by atoms with E-state index >= 15 is 0 Å². The van der Waals surface area contributed by atoms with E-state index in [0.717, 1.165) is 14.9 Å². The lowest BCUT2D eigenvalue weighted by atomic mass is 10.1. The molecule has 4 N–H and O–H groups in total. The number of nitrogens with zero attached hydrogens (tertiary/aromatic N) is 1. The van der Waals surface area contributed by atoms with Crippen molar-refractivity contribution in [3.05, 3.63) is 45.1 Å². The van der Waals surface area contributed by atoms with Crippen LogP contribution in [0.5, 0.6) is 0 Å². The number of amides is 1. The second-order valence-corrected chi connectivity index (χ2v) is 6.00. The Kier molecular flexibility index (Phi) is 3.97. The number of primary amides is 1. The summed E-state index contributed by atoms with van der Waals surface area (Å²) in [4.78, 5) is 14.3. The van der Waals surface area contributed by atoms with Gasteiger partial charge < -0.3 is 16.4 Å². The molecule has 0 aliphatic carbocycles. The van der Waals surface area contributed by atoms with E-state index in [4.69, 9.17) is 23.1 Å². The summed E-state index contributed by atoms with van der Waals surface area (Å²) >= 11 is 7.42. The van der Waals surface area contributed by atoms with Gasteiger partial charge in [-0.05, 0) is 30.3 Å². The Morgan fingerprint density at radius 2 is 2.11 bits per heavy atom. The molecule has 1 aromatic heterocycles. The first-order valence-corrected chi connectivity index (χ1v) is 6.81. The summed E-state index contributed by atoms with van der Waals surface area (Å²) in [5.74, 6) is -0.464. The molecule has 0 radical (unpaired) electrons. The van der Waals surface area contributed by atoms with Crippen LogP contribution >= 0.6 is 22.9 Å². The zero-order valence-corrected chi connectivity index (χ0v) is 12.0. The molecule has 2 rings (SSSR count). The maximum Gasteiger partial charge on any atom is 0.248 e. The molecule has 0 aliphatic rings. The average molecular weight is 296 g/mol. The maximum atomic E-state index is 11.2. The summed E-state index contributed by atoms with van der Waals surface area (Å²) < 4.78 is 0.752. The van der Waals surface area contributed by atoms with Crippen LogP contribution in [0, 0.1) is 0 Å². The third-order valence-electron chi connectivity index (χ3n) is 2.75. The van der Waals surface area contributed by atoms with Gasteiger partial charge in [0.05, 0.1) is 22.3 Å². The number of halogens is 1. The molecule has 4 nitrogen and oxygen atoms in total. The van der Waals surface area contributed by atoms with Crippen molar-refractivity contribution in [2.45, 2.75) is 6.54 Å². The number of thiophene rings is 1. The number of nitrogen functional groups attached to an aromatic ring is 1. The van der Waals surface area contributed by atoms with Crippen molar-refractivity contribution in [1.82, 2.24) is 0 Å². The number of anilines is 2. The van der Waals surface area contributed by atoms with Crippen LogP contribution in [0.4, 0.5) is 11.4 Å². The molecule has 0 fully saturated rings. The van der Waals surface area contributed by atoms with Crippen molar-refractivity contribution in [3.8, 4) is 0 Å². The number of hydrogen-bond donors (Lipinski definition) is 2. The van der Waals surface area contributed by atoms with Crippen LogP contribution in [-0.2, 0) is 6.54 Å². The van der Waals surface area contributed by atoms with Gasteiger partial charge in [-0.3, -0.25) is 4.79 Å². The summed E-state index contributed by atoms with van der Waals surface area (Å²) in [6, 6.07) is 8.84. The Hall–Kier alpha value is -1.72. The summed E-state index contributed by atoms with van der Waals surface area (Å²) in [5, 5.41) is 0. The van der Waals surface area contributed by atoms with Crippen LogP contribution in [0.25, 0.3) is 0 Å². The molecule has 0 atom stereocenters. The molecule has 1 heterocycles. The first-order valence-electron chi connectivity index (χ1n) is 5.62. The molecule has 100 valence electrons. The molecule has 0 saturated heterocycles. The SMILES string of the molecule is CN(Cc1ccc(Cl)s1)c1cc(C(N)=O)ccc1N. The van der Waals surface area contributed by atoms with E-state index < -0.39 is 5.91 Å². The van der Waals surface area contributed by atoms with Crippen LogP contribution in [-0.4, -0.2) is 13.0 Å². The van der Waals surface area contributed by atoms with E-state index in [9.17, 15) is 4.79 Å². The predicted octanol–water partition coefficient (Wildman–Crippen LogP) is 2.72. The summed E-state index contributed by atoms with van der Waals surface area (Å²) in [6.45, 7) is 0.670. The number of carbonyl (C=O) groups excluding carboxylic acids is 1. The second kappa shape index (κ2) is 5.50. The fraction of sp³-hybridized carbons (Fsp3) is 0.154. The Morgan fingerprint density at radius 1 is 1.37 bits per heavy atom. The highest BCUT2D eigenvalue weighted by Gasteiger charge is 2.10. The van der Waals surface area contributed by atoms with E-state index in [-0.39, 0.29) is 0 Å². The lowest BCUT2D eigenvalue weighted by Crippen LogP contribution is -2.19. The quantitative estimate of drug-likeness (QED) is 0.852. The minimum atomic E-state index is -0.464. The zero-order chi connectivity index (χ0) is 14.0. The minimum Gasteiger partial charge on any atom is -0.397 e. The van der Waals surface area contributed by atoms with Gasteiger partial charge in [-0.1, -0.05) is 11.6 Å². The molecule has 19 heavy (non-hydrogen) atoms. The van der Waals surface area contributed by atoms with E-state index in [1.165, 1.54) is 11.3 Å². The molecule has 1 aromatic carbocycles. The molecule has 0 bridgehead atoms. The van der Waals surface area contributed by atoms with E-state index in [2.05, 4.69) is 0 Å². The molecule has 0 spiro atoms. The van der Waals surface area contributed by atoms with Crippen LogP contribution in [0.3, 0.4) is 0 Å². The number of nitrogens with two attached hydrogens (primary N) is 2. The van der Waals surface area contributed by atoms with Crippen molar-refractivity contribution in [1.29, 1.82) is 0 Å². The average Bonchev–Trinajstić information content (AvgIpc) is 2.74. The largest absolute Gasteiger partial charge is 0.397 e. The van der Waals surface area contributed by atoms with Crippen molar-refractivity contribution < 1.29 is 4.79 Å². The molecule has 0 unspecified atom stereocenters. The van der Waals surface area contributed by atoms with Crippen LogP contribution in [0.1, 0.15) is 15.2 Å². The second-order valence-electron chi connectivity index (χ2n) is 4.20. The summed E-state index contributed by atoms with van der Waals surface area (Å²) in [7, 11) is 1.91. The van der Waals surface area contributed by atoms with E-state index in [1.54, 1.807) is 18.2 Å². The standard InChI is InChI=1S/C13H14ClN3OS/c1-17(7-9-3-5-12(14)19-9)11-6-8(13(16)18)2-4-10(11)15/h2-6H,7,15H2,1H3,(H2,16,18). The number of rotatable bonds is 4. The predicted molar refractivity (Wildman–Crippen MR) is 80.8 cm³/mol. The third kappa shape index (κ3) is 3.19. The van der Waals surface area contributed by atoms with Crippen LogP contribution in [0.2, 0.25) is 4.34 Å². The fourth-order valence-corrected chi connectivity index (χ4v) is 2.92. The molecular weight excluding hydrogens is 282 g/mol. The lowest BCUT2D eigenvalue weighted by Gasteiger charge is -2.20. The number of hydrogen-bond acceptors (Lipinski definition) is 4. The van der Waals surface area contributed by atoms with Crippen LogP contribution in [0.15, 0.2) is 30.3 Å². The van der Waals surface area contributed by atoms with Crippen molar-refractivity contribution >= 4 is 40.2 Å². The number of carbonyl (C=O) groups is 1. The molecule has 6 heteroatoms. The Labute approximate surface area is 120 Å². The van der Waals surface area contributed by atoms with Crippen molar-refractivity contribution in [2.75, 3.05) is 17.7 Å². The van der Waals surface area contributed by atoms with Gasteiger partial charge >= 0.3 is 0 Å². The third-order valence-corrected chi connectivity index (χ3v) is 3.96. The summed E-state index contributed by atoms with van der Waals surface area (Å²) in [5.41, 5.74) is 13.0. The highest BCUT2D eigenvalue weighted by atomic mass is 35.5. The van der Waals surface area contributed by atoms with Gasteiger partial charge in [-0.25, -0.2) is 0 Å². The van der Waals surface area contributed by atoms with Gasteiger partial charge in [-0.2, -0.15) is 0 Å². The van der Waals surface area contributed by atoms with E-state index in [1.807, 2.05) is 24.1 Å². The van der Waals surface area contributed by atoms with Gasteiger partial charge in [0.15, 0.2) is 0 Å². The molecule has 2 aromatic rings. The Balaban J connectivity index is 2.25. The topological polar surface area (TPSA) is 72.3 Å². The lowest BCUT2D eigenvalue weighted by molar-refractivity contribution is 0.100. The monoisotopic (exact) mass is 295 g/mol. The molecular formula is C13H14ClN3OS. The van der Waals surface area contributed by atoms with Gasteiger partial charge in [-0.15, -0.1) is 11.3 Å². The molecule has 1 amide bonds. The maximum absolute atomic E-state index is 11.2.